The molecule has 1 aromatic carbocycles. The maximum atomic E-state index is 10.5. The lowest BCUT2D eigenvalue weighted by Crippen LogP contribution is -1.94. The van der Waals surface area contributed by atoms with Crippen molar-refractivity contribution >= 4 is 27.5 Å². The minimum Gasteiger partial charge on any atom is -0.478 e. The second-order valence-corrected chi connectivity index (χ2v) is 3.12. The second-order valence-electron chi connectivity index (χ2n) is 2.29. The number of carboxylic acid groups (broad SMARTS) is 1. The predicted molar refractivity (Wildman–Crippen MR) is 45.4 cm³/mol. The Morgan fingerprint density at radius 2 is 2.42 bits per heavy atom. The highest BCUT2D eigenvalue weighted by molar-refractivity contribution is 7.16. The van der Waals surface area contributed by atoms with Crippen LogP contribution in [0, 0.1) is 5.51 Å². The van der Waals surface area contributed by atoms with E-state index in [1.807, 2.05) is 0 Å². The van der Waals surface area contributed by atoms with Crippen LogP contribution in [0.25, 0.3) is 10.2 Å². The number of thiazole rings is 1. The predicted octanol–water partition coefficient (Wildman–Crippen LogP) is 1.79. The molecular weight excluding hydrogens is 174 g/mol. The van der Waals surface area contributed by atoms with Gasteiger partial charge in [-0.15, -0.1) is 11.3 Å². The van der Waals surface area contributed by atoms with Crippen LogP contribution in [0.2, 0.25) is 0 Å². The van der Waals surface area contributed by atoms with Crippen molar-refractivity contribution in [2.45, 2.75) is 0 Å². The van der Waals surface area contributed by atoms with Gasteiger partial charge in [0.1, 0.15) is 0 Å². The zero-order valence-electron chi connectivity index (χ0n) is 5.94. The summed E-state index contributed by atoms with van der Waals surface area (Å²) in [7, 11) is 0. The number of benzene rings is 1. The lowest BCUT2D eigenvalue weighted by molar-refractivity contribution is 0.0697. The van der Waals surface area contributed by atoms with Gasteiger partial charge in [-0.25, -0.2) is 9.78 Å². The topological polar surface area (TPSA) is 50.2 Å². The maximum Gasteiger partial charge on any atom is 0.335 e. The molecule has 0 unspecified atom stereocenters. The molecule has 4 heteroatoms. The maximum absolute atomic E-state index is 10.5. The van der Waals surface area contributed by atoms with Crippen LogP contribution in [0.5, 0.6) is 0 Å². The van der Waals surface area contributed by atoms with Gasteiger partial charge in [-0.2, -0.15) is 0 Å². The highest BCUT2D eigenvalue weighted by atomic mass is 32.1. The second kappa shape index (κ2) is 2.57. The Morgan fingerprint density at radius 1 is 1.58 bits per heavy atom. The Balaban J connectivity index is 2.68. The first kappa shape index (κ1) is 7.24. The Kier molecular flexibility index (Phi) is 1.55. The summed E-state index contributed by atoms with van der Waals surface area (Å²) in [6.45, 7) is 0. The first-order chi connectivity index (χ1) is 5.77. The van der Waals surface area contributed by atoms with Gasteiger partial charge in [0.05, 0.1) is 15.8 Å². The first-order valence-corrected chi connectivity index (χ1v) is 4.09. The van der Waals surface area contributed by atoms with E-state index in [1.54, 1.807) is 12.1 Å². The molecule has 0 aliphatic rings. The van der Waals surface area contributed by atoms with Crippen molar-refractivity contribution < 1.29 is 9.90 Å². The van der Waals surface area contributed by atoms with Crippen LogP contribution in [-0.2, 0) is 0 Å². The number of hydrogen-bond donors (Lipinski definition) is 1. The van der Waals surface area contributed by atoms with E-state index in [0.29, 0.717) is 5.56 Å². The van der Waals surface area contributed by atoms with Gasteiger partial charge in [-0.05, 0) is 18.2 Å². The zero-order chi connectivity index (χ0) is 8.55. The Morgan fingerprint density at radius 3 is 3.17 bits per heavy atom. The number of fused-ring (bicyclic) bond motifs is 1. The van der Waals surface area contributed by atoms with Crippen LogP contribution in [0.15, 0.2) is 18.2 Å². The summed E-state index contributed by atoms with van der Waals surface area (Å²) in [5.74, 6) is -0.912. The van der Waals surface area contributed by atoms with Crippen molar-refractivity contribution in [3.63, 3.8) is 0 Å². The molecule has 12 heavy (non-hydrogen) atoms. The minimum absolute atomic E-state index is 0.292. The summed E-state index contributed by atoms with van der Waals surface area (Å²) in [4.78, 5) is 14.5. The number of hydrogen-bond acceptors (Lipinski definition) is 3. The van der Waals surface area contributed by atoms with Crippen LogP contribution < -0.4 is 0 Å². The van der Waals surface area contributed by atoms with Gasteiger partial charge in [-0.1, -0.05) is 0 Å². The normalized spacial score (nSPS) is 10.3. The molecule has 0 saturated heterocycles. The molecule has 59 valence electrons. The molecule has 0 spiro atoms. The van der Waals surface area contributed by atoms with Crippen molar-refractivity contribution in [2.24, 2.45) is 0 Å². The van der Waals surface area contributed by atoms with Crippen molar-refractivity contribution in [2.75, 3.05) is 0 Å². The molecule has 0 saturated carbocycles. The lowest BCUT2D eigenvalue weighted by atomic mass is 10.2. The third-order valence-corrected chi connectivity index (χ3v) is 2.26. The molecule has 1 radical (unpaired) electrons. The molecule has 0 atom stereocenters. The molecule has 3 nitrogen and oxygen atoms in total. The van der Waals surface area contributed by atoms with Crippen LogP contribution in [0.1, 0.15) is 10.4 Å². The molecule has 0 amide bonds. The average Bonchev–Trinajstić information content (AvgIpc) is 2.49. The number of carbonyl (C=O) groups is 1. The molecule has 0 aliphatic carbocycles. The molecule has 0 fully saturated rings. The van der Waals surface area contributed by atoms with Crippen LogP contribution >= 0.6 is 11.3 Å². The number of carboxylic acids is 1. The summed E-state index contributed by atoms with van der Waals surface area (Å²) in [5.41, 5.74) is 3.79. The van der Waals surface area contributed by atoms with Gasteiger partial charge in [0.2, 0.25) is 0 Å². The van der Waals surface area contributed by atoms with E-state index in [4.69, 9.17) is 5.11 Å². The van der Waals surface area contributed by atoms with Crippen molar-refractivity contribution in [3.05, 3.63) is 29.3 Å². The average molecular weight is 178 g/mol. The van der Waals surface area contributed by atoms with E-state index in [2.05, 4.69) is 10.5 Å². The summed E-state index contributed by atoms with van der Waals surface area (Å²) in [6.07, 6.45) is 0. The summed E-state index contributed by atoms with van der Waals surface area (Å²) >= 11 is 1.32. The molecule has 2 aromatic rings. The molecule has 0 bridgehead atoms. The van der Waals surface area contributed by atoms with Gasteiger partial charge in [0, 0.05) is 0 Å². The number of rotatable bonds is 1. The van der Waals surface area contributed by atoms with Gasteiger partial charge >= 0.3 is 5.97 Å². The van der Waals surface area contributed by atoms with E-state index >= 15 is 0 Å². The van der Waals surface area contributed by atoms with E-state index in [-0.39, 0.29) is 0 Å². The van der Waals surface area contributed by atoms with Crippen molar-refractivity contribution in [1.82, 2.24) is 4.98 Å². The Labute approximate surface area is 72.3 Å². The van der Waals surface area contributed by atoms with E-state index in [1.165, 1.54) is 17.4 Å². The molecule has 1 N–H and O–H groups in total. The SMILES string of the molecule is O=C(O)c1ccc2n[c]sc2c1. The fourth-order valence-electron chi connectivity index (χ4n) is 0.942. The highest BCUT2D eigenvalue weighted by Gasteiger charge is 2.04. The third kappa shape index (κ3) is 1.06. The standard InChI is InChI=1S/C8H4NO2S/c10-8(11)5-1-2-6-7(3-5)12-4-9-6/h1-3H,(H,10,11). The Bertz CT molecular complexity index is 435. The Hall–Kier alpha value is -1.42. The minimum atomic E-state index is -0.912. The van der Waals surface area contributed by atoms with Gasteiger partial charge in [-0.3, -0.25) is 0 Å². The van der Waals surface area contributed by atoms with Crippen LogP contribution in [0.4, 0.5) is 0 Å². The molecule has 2 rings (SSSR count). The fraction of sp³-hybridized carbons (Fsp3) is 0. The number of aromatic carboxylic acids is 1. The highest BCUT2D eigenvalue weighted by Crippen LogP contribution is 2.18. The first-order valence-electron chi connectivity index (χ1n) is 3.27. The van der Waals surface area contributed by atoms with E-state index < -0.39 is 5.97 Å². The van der Waals surface area contributed by atoms with E-state index in [0.717, 1.165) is 10.2 Å². The summed E-state index contributed by atoms with van der Waals surface area (Å²) in [5, 5.41) is 8.66. The summed E-state index contributed by atoms with van der Waals surface area (Å²) < 4.78 is 0.856. The molecular formula is C8H4NO2S. The third-order valence-electron chi connectivity index (χ3n) is 1.53. The zero-order valence-corrected chi connectivity index (χ0v) is 6.76. The van der Waals surface area contributed by atoms with Gasteiger partial charge in [0.15, 0.2) is 5.51 Å². The van der Waals surface area contributed by atoms with Crippen LogP contribution in [0.3, 0.4) is 0 Å². The quantitative estimate of drug-likeness (QED) is 0.724. The number of nitrogens with zero attached hydrogens (tertiary/aromatic N) is 1. The fourth-order valence-corrected chi connectivity index (χ4v) is 1.59. The smallest absolute Gasteiger partial charge is 0.335 e. The molecule has 1 aromatic heterocycles. The lowest BCUT2D eigenvalue weighted by Gasteiger charge is -1.91. The molecule has 0 aliphatic heterocycles. The van der Waals surface area contributed by atoms with Gasteiger partial charge < -0.3 is 5.11 Å². The van der Waals surface area contributed by atoms with Crippen molar-refractivity contribution in [3.8, 4) is 0 Å². The number of aromatic nitrogens is 1. The molecule has 1 heterocycles. The monoisotopic (exact) mass is 178 g/mol. The van der Waals surface area contributed by atoms with Gasteiger partial charge in [0.25, 0.3) is 0 Å². The summed E-state index contributed by atoms with van der Waals surface area (Å²) in [6, 6.07) is 4.83. The van der Waals surface area contributed by atoms with Crippen molar-refractivity contribution in [1.29, 1.82) is 0 Å². The van der Waals surface area contributed by atoms with E-state index in [9.17, 15) is 4.79 Å². The largest absolute Gasteiger partial charge is 0.478 e. The van der Waals surface area contributed by atoms with Crippen LogP contribution in [-0.4, -0.2) is 16.1 Å².